The Labute approximate surface area is 120 Å². The van der Waals surface area contributed by atoms with Crippen LogP contribution in [0.5, 0.6) is 0 Å². The van der Waals surface area contributed by atoms with E-state index in [0.717, 1.165) is 41.7 Å². The van der Waals surface area contributed by atoms with Gasteiger partial charge in [0.1, 0.15) is 16.2 Å². The van der Waals surface area contributed by atoms with E-state index in [9.17, 15) is 0 Å². The van der Waals surface area contributed by atoms with Crippen LogP contribution < -0.4 is 5.32 Å². The molecule has 2 aromatic heterocycles. The number of aromatic nitrogens is 3. The van der Waals surface area contributed by atoms with Gasteiger partial charge in [0.2, 0.25) is 0 Å². The van der Waals surface area contributed by atoms with Crippen LogP contribution in [0.1, 0.15) is 11.1 Å². The number of nitrogens with one attached hydrogen (secondary N) is 1. The van der Waals surface area contributed by atoms with Crippen molar-refractivity contribution in [2.24, 2.45) is 0 Å². The molecule has 3 rings (SSSR count). The maximum atomic E-state index is 5.75. The molecule has 0 fully saturated rings. The highest BCUT2D eigenvalue weighted by atomic mass is 35.5. The average molecular weight is 289 g/mol. The minimum atomic E-state index is 0.520. The Morgan fingerprint density at radius 3 is 2.95 bits per heavy atom. The van der Waals surface area contributed by atoms with Gasteiger partial charge < -0.3 is 5.32 Å². The highest BCUT2D eigenvalue weighted by Gasteiger charge is 2.05. The van der Waals surface area contributed by atoms with Gasteiger partial charge in [0, 0.05) is 12.7 Å². The summed E-state index contributed by atoms with van der Waals surface area (Å²) < 4.78 is 4.74. The molecule has 1 aromatic carbocycles. The van der Waals surface area contributed by atoms with Crippen LogP contribution in [0.25, 0.3) is 11.0 Å². The molecule has 0 bridgehead atoms. The zero-order valence-electron chi connectivity index (χ0n) is 10.7. The second-order valence-electron chi connectivity index (χ2n) is 4.47. The van der Waals surface area contributed by atoms with Gasteiger partial charge in [-0.25, -0.2) is 9.61 Å². The minimum absolute atomic E-state index is 0.520. The Kier molecular flexibility index (Phi) is 3.90. The number of rotatable bonds is 5. The predicted molar refractivity (Wildman–Crippen MR) is 76.5 cm³/mol. The fraction of sp³-hybridized carbons (Fsp3) is 0.214. The highest BCUT2D eigenvalue weighted by Crippen LogP contribution is 2.14. The quantitative estimate of drug-likeness (QED) is 0.577. The van der Waals surface area contributed by atoms with E-state index in [4.69, 9.17) is 16.2 Å². The second kappa shape index (κ2) is 5.98. The summed E-state index contributed by atoms with van der Waals surface area (Å²) in [5.41, 5.74) is 3.83. The molecule has 0 atom stereocenters. The molecule has 1 N–H and O–H groups in total. The number of pyridine rings is 1. The van der Waals surface area contributed by atoms with E-state index in [1.807, 2.05) is 24.3 Å². The Morgan fingerprint density at radius 2 is 2.10 bits per heavy atom. The Balaban J connectivity index is 1.55. The molecule has 0 saturated carbocycles. The van der Waals surface area contributed by atoms with Crippen molar-refractivity contribution in [3.8, 4) is 0 Å². The normalized spacial score (nSPS) is 11.1. The van der Waals surface area contributed by atoms with Gasteiger partial charge in [-0.2, -0.15) is 0 Å². The van der Waals surface area contributed by atoms with Crippen molar-refractivity contribution in [2.75, 3.05) is 6.54 Å². The summed E-state index contributed by atoms with van der Waals surface area (Å²) in [6.45, 7) is 1.58. The van der Waals surface area contributed by atoms with E-state index in [0.29, 0.717) is 5.15 Å². The molecule has 0 spiro atoms. The van der Waals surface area contributed by atoms with Gasteiger partial charge in [-0.1, -0.05) is 29.8 Å². The summed E-state index contributed by atoms with van der Waals surface area (Å²) in [6, 6.07) is 9.64. The Bertz CT molecular complexity index is 696. The summed E-state index contributed by atoms with van der Waals surface area (Å²) in [7, 11) is 0. The van der Waals surface area contributed by atoms with Crippen molar-refractivity contribution in [3.63, 3.8) is 0 Å². The van der Waals surface area contributed by atoms with Crippen molar-refractivity contribution >= 4 is 22.6 Å². The molecule has 3 aromatic rings. The van der Waals surface area contributed by atoms with Crippen LogP contribution in [0.3, 0.4) is 0 Å². The average Bonchev–Trinajstić information content (AvgIpc) is 2.94. The summed E-state index contributed by atoms with van der Waals surface area (Å²) in [6.07, 6.45) is 2.70. The van der Waals surface area contributed by atoms with Crippen LogP contribution in [-0.2, 0) is 13.0 Å². The molecule has 20 heavy (non-hydrogen) atoms. The lowest BCUT2D eigenvalue weighted by Gasteiger charge is -2.05. The van der Waals surface area contributed by atoms with Crippen molar-refractivity contribution in [2.45, 2.75) is 13.0 Å². The predicted octanol–water partition coefficient (Wildman–Crippen LogP) is 2.60. The summed E-state index contributed by atoms with van der Waals surface area (Å²) in [5.74, 6) is 0. The molecular weight excluding hydrogens is 276 g/mol. The molecule has 0 saturated heterocycles. The van der Waals surface area contributed by atoms with Gasteiger partial charge in [0.05, 0.1) is 0 Å². The first-order valence-electron chi connectivity index (χ1n) is 6.34. The van der Waals surface area contributed by atoms with Gasteiger partial charge in [-0.15, -0.1) is 0 Å². The third kappa shape index (κ3) is 2.95. The van der Waals surface area contributed by atoms with Gasteiger partial charge in [-0.05, 0) is 46.5 Å². The SMILES string of the molecule is Clc1ccc(CCNCc2cccc3nonc23)cn1. The van der Waals surface area contributed by atoms with Crippen LogP contribution >= 0.6 is 11.6 Å². The number of hydrogen-bond donors (Lipinski definition) is 1. The molecule has 0 radical (unpaired) electrons. The molecule has 102 valence electrons. The largest absolute Gasteiger partial charge is 0.312 e. The van der Waals surface area contributed by atoms with E-state index < -0.39 is 0 Å². The molecule has 5 nitrogen and oxygen atoms in total. The van der Waals surface area contributed by atoms with Gasteiger partial charge >= 0.3 is 0 Å². The molecule has 0 unspecified atom stereocenters. The smallest absolute Gasteiger partial charge is 0.139 e. The number of hydrogen-bond acceptors (Lipinski definition) is 5. The standard InChI is InChI=1S/C14H13ClN4O/c15-13-5-4-10(8-17-13)6-7-16-9-11-2-1-3-12-14(11)19-20-18-12/h1-5,8,16H,6-7,9H2. The lowest BCUT2D eigenvalue weighted by molar-refractivity contribution is 0.315. The molecular formula is C14H13ClN4O. The summed E-state index contributed by atoms with van der Waals surface area (Å²) >= 11 is 5.75. The van der Waals surface area contributed by atoms with Crippen molar-refractivity contribution in [3.05, 3.63) is 52.8 Å². The molecule has 0 aliphatic heterocycles. The maximum absolute atomic E-state index is 5.75. The molecule has 2 heterocycles. The van der Waals surface area contributed by atoms with Crippen molar-refractivity contribution in [1.82, 2.24) is 20.6 Å². The van der Waals surface area contributed by atoms with Crippen molar-refractivity contribution < 1.29 is 4.63 Å². The summed E-state index contributed by atoms with van der Waals surface area (Å²) in [5, 5.41) is 11.6. The van der Waals surface area contributed by atoms with Crippen LogP contribution in [0, 0.1) is 0 Å². The third-order valence-electron chi connectivity index (χ3n) is 3.06. The van der Waals surface area contributed by atoms with Crippen LogP contribution in [0.4, 0.5) is 0 Å². The highest BCUT2D eigenvalue weighted by molar-refractivity contribution is 6.29. The number of nitrogens with zero attached hydrogens (tertiary/aromatic N) is 3. The lowest BCUT2D eigenvalue weighted by Crippen LogP contribution is -2.17. The fourth-order valence-electron chi connectivity index (χ4n) is 2.01. The number of fused-ring (bicyclic) bond motifs is 1. The monoisotopic (exact) mass is 288 g/mol. The van der Waals surface area contributed by atoms with Gasteiger partial charge in [-0.3, -0.25) is 0 Å². The summed E-state index contributed by atoms with van der Waals surface area (Å²) in [4.78, 5) is 4.06. The fourth-order valence-corrected chi connectivity index (χ4v) is 2.13. The first-order chi connectivity index (χ1) is 9.83. The van der Waals surface area contributed by atoms with Gasteiger partial charge in [0.25, 0.3) is 0 Å². The van der Waals surface area contributed by atoms with E-state index in [-0.39, 0.29) is 0 Å². The van der Waals surface area contributed by atoms with E-state index >= 15 is 0 Å². The van der Waals surface area contributed by atoms with Crippen LogP contribution in [0.2, 0.25) is 5.15 Å². The molecule has 0 amide bonds. The van der Waals surface area contributed by atoms with Gasteiger partial charge in [0.15, 0.2) is 0 Å². The molecule has 6 heteroatoms. The van der Waals surface area contributed by atoms with Crippen molar-refractivity contribution in [1.29, 1.82) is 0 Å². The topological polar surface area (TPSA) is 63.8 Å². The molecule has 0 aliphatic rings. The third-order valence-corrected chi connectivity index (χ3v) is 3.29. The first kappa shape index (κ1) is 13.0. The number of benzene rings is 1. The first-order valence-corrected chi connectivity index (χ1v) is 6.72. The van der Waals surface area contributed by atoms with Crippen LogP contribution in [0.15, 0.2) is 41.2 Å². The van der Waals surface area contributed by atoms with E-state index in [1.54, 1.807) is 12.3 Å². The minimum Gasteiger partial charge on any atom is -0.312 e. The maximum Gasteiger partial charge on any atom is 0.139 e. The van der Waals surface area contributed by atoms with Crippen LogP contribution in [-0.4, -0.2) is 21.8 Å². The zero-order valence-corrected chi connectivity index (χ0v) is 11.5. The molecule has 0 aliphatic carbocycles. The van der Waals surface area contributed by atoms with E-state index in [1.165, 1.54) is 0 Å². The Hall–Kier alpha value is -1.98. The van der Waals surface area contributed by atoms with E-state index in [2.05, 4.69) is 20.6 Å². The second-order valence-corrected chi connectivity index (χ2v) is 4.85. The lowest BCUT2D eigenvalue weighted by atomic mass is 10.1. The number of halogens is 1. The Morgan fingerprint density at radius 1 is 1.15 bits per heavy atom. The zero-order chi connectivity index (χ0) is 13.8.